The number of hydrogen-bond donors (Lipinski definition) is 1. The molecule has 20 heavy (non-hydrogen) atoms. The van der Waals surface area contributed by atoms with E-state index in [2.05, 4.69) is 32.0 Å². The van der Waals surface area contributed by atoms with E-state index in [9.17, 15) is 9.32 Å². The van der Waals surface area contributed by atoms with E-state index in [1.54, 1.807) is 0 Å². The maximum atomic E-state index is 12.3. The first-order valence-electron chi connectivity index (χ1n) is 7.64. The van der Waals surface area contributed by atoms with Crippen molar-refractivity contribution < 1.29 is 9.32 Å². The standard InChI is InChI=1S/C17H24O2S/c1-12-6-13(2)8-14(7-12)9-17(18)10-15-4-3-5-16(11-17)20(15)19/h6-8,15-16,18H,3-5,9-11H2,1-2H3. The molecule has 1 aromatic rings. The van der Waals surface area contributed by atoms with E-state index >= 15 is 0 Å². The molecule has 2 nitrogen and oxygen atoms in total. The summed E-state index contributed by atoms with van der Waals surface area (Å²) < 4.78 is 12.3. The fraction of sp³-hybridized carbons (Fsp3) is 0.647. The Balaban J connectivity index is 1.81. The van der Waals surface area contributed by atoms with Gasteiger partial charge in [-0.3, -0.25) is 4.21 Å². The molecule has 0 amide bonds. The van der Waals surface area contributed by atoms with Gasteiger partial charge in [-0.2, -0.15) is 0 Å². The molecule has 2 saturated heterocycles. The zero-order valence-electron chi connectivity index (χ0n) is 12.4. The summed E-state index contributed by atoms with van der Waals surface area (Å²) in [6.45, 7) is 4.20. The molecule has 110 valence electrons. The molecule has 2 aliphatic rings. The molecule has 2 unspecified atom stereocenters. The lowest BCUT2D eigenvalue weighted by molar-refractivity contribution is 0.0114. The van der Waals surface area contributed by atoms with E-state index in [4.69, 9.17) is 0 Å². The summed E-state index contributed by atoms with van der Waals surface area (Å²) in [4.78, 5) is 0. The molecule has 0 aliphatic carbocycles. The molecule has 2 fully saturated rings. The average molecular weight is 292 g/mol. The van der Waals surface area contributed by atoms with Gasteiger partial charge in [0.05, 0.1) is 5.60 Å². The summed E-state index contributed by atoms with van der Waals surface area (Å²) in [5.74, 6) is 0. The van der Waals surface area contributed by atoms with E-state index in [1.807, 2.05) is 0 Å². The lowest BCUT2D eigenvalue weighted by Gasteiger charge is -2.43. The highest BCUT2D eigenvalue weighted by molar-refractivity contribution is 7.86. The minimum atomic E-state index is -0.709. The predicted octanol–water partition coefficient (Wildman–Crippen LogP) is 3.04. The van der Waals surface area contributed by atoms with Gasteiger partial charge in [-0.1, -0.05) is 35.7 Å². The van der Waals surface area contributed by atoms with E-state index in [-0.39, 0.29) is 10.5 Å². The molecule has 2 atom stereocenters. The fourth-order valence-corrected chi connectivity index (χ4v) is 6.36. The molecular weight excluding hydrogens is 268 g/mol. The maximum Gasteiger partial charge on any atom is 0.0710 e. The number of hydrogen-bond acceptors (Lipinski definition) is 2. The van der Waals surface area contributed by atoms with Crippen molar-refractivity contribution in [2.24, 2.45) is 0 Å². The molecular formula is C17H24O2S. The summed E-state index contributed by atoms with van der Waals surface area (Å²) in [7, 11) is -0.709. The fourth-order valence-electron chi connectivity index (χ4n) is 4.07. The van der Waals surface area contributed by atoms with Gasteiger partial charge in [-0.15, -0.1) is 0 Å². The van der Waals surface area contributed by atoms with Gasteiger partial charge in [0.1, 0.15) is 0 Å². The number of aliphatic hydroxyl groups is 1. The van der Waals surface area contributed by atoms with Crippen molar-refractivity contribution in [1.82, 2.24) is 0 Å². The van der Waals surface area contributed by atoms with Gasteiger partial charge in [0.2, 0.25) is 0 Å². The molecule has 0 saturated carbocycles. The lowest BCUT2D eigenvalue weighted by Crippen LogP contribution is -2.50. The van der Waals surface area contributed by atoms with Gasteiger partial charge >= 0.3 is 0 Å². The number of benzene rings is 1. The number of fused-ring (bicyclic) bond motifs is 2. The Morgan fingerprint density at radius 2 is 1.70 bits per heavy atom. The maximum absolute atomic E-state index is 12.3. The third kappa shape index (κ3) is 2.84. The van der Waals surface area contributed by atoms with E-state index in [1.165, 1.54) is 23.1 Å². The first-order chi connectivity index (χ1) is 9.45. The first-order valence-corrected chi connectivity index (χ1v) is 8.92. The van der Waals surface area contributed by atoms with Crippen LogP contribution in [-0.4, -0.2) is 25.4 Å². The summed E-state index contributed by atoms with van der Waals surface area (Å²) in [5, 5.41) is 11.4. The molecule has 3 heteroatoms. The molecule has 2 bridgehead atoms. The Morgan fingerprint density at radius 3 is 2.25 bits per heavy atom. The molecule has 0 aromatic heterocycles. The second-order valence-corrected chi connectivity index (χ2v) is 8.80. The predicted molar refractivity (Wildman–Crippen MR) is 83.4 cm³/mol. The molecule has 2 aliphatic heterocycles. The SMILES string of the molecule is Cc1cc(C)cc(CC2(O)CC3CCCC(C2)S3=O)c1. The highest BCUT2D eigenvalue weighted by Gasteiger charge is 2.45. The third-order valence-electron chi connectivity index (χ3n) is 4.74. The second kappa shape index (κ2) is 5.27. The minimum absolute atomic E-state index is 0.221. The lowest BCUT2D eigenvalue weighted by atomic mass is 9.81. The number of rotatable bonds is 2. The van der Waals surface area contributed by atoms with Crippen molar-refractivity contribution in [3.63, 3.8) is 0 Å². The van der Waals surface area contributed by atoms with Crippen LogP contribution in [0, 0.1) is 13.8 Å². The molecule has 1 N–H and O–H groups in total. The average Bonchev–Trinajstić information content (AvgIpc) is 2.30. The molecule has 0 spiro atoms. The van der Waals surface area contributed by atoms with Gasteiger partial charge in [-0.25, -0.2) is 0 Å². The molecule has 1 aromatic carbocycles. The van der Waals surface area contributed by atoms with Crippen molar-refractivity contribution in [3.8, 4) is 0 Å². The summed E-state index contributed by atoms with van der Waals surface area (Å²) in [5.41, 5.74) is 3.08. The first kappa shape index (κ1) is 14.3. The Kier molecular flexibility index (Phi) is 3.76. The normalized spacial score (nSPS) is 36.9. The van der Waals surface area contributed by atoms with E-state index in [0.29, 0.717) is 19.3 Å². The van der Waals surface area contributed by atoms with E-state index in [0.717, 1.165) is 12.8 Å². The Labute approximate surface area is 124 Å². The van der Waals surface area contributed by atoms with Crippen molar-refractivity contribution in [2.45, 2.75) is 68.5 Å². The van der Waals surface area contributed by atoms with Crippen LogP contribution in [0.5, 0.6) is 0 Å². The second-order valence-electron chi connectivity index (χ2n) is 6.81. The van der Waals surface area contributed by atoms with Crippen LogP contribution in [0.2, 0.25) is 0 Å². The Bertz CT molecular complexity index is 502. The van der Waals surface area contributed by atoms with Crippen LogP contribution in [0.4, 0.5) is 0 Å². The molecule has 3 rings (SSSR count). The van der Waals surface area contributed by atoms with Gasteiger partial charge < -0.3 is 5.11 Å². The highest BCUT2D eigenvalue weighted by Crippen LogP contribution is 2.40. The van der Waals surface area contributed by atoms with Crippen LogP contribution in [0.15, 0.2) is 18.2 Å². The van der Waals surface area contributed by atoms with Crippen LogP contribution < -0.4 is 0 Å². The highest BCUT2D eigenvalue weighted by atomic mass is 32.2. The number of aryl methyl sites for hydroxylation is 2. The zero-order chi connectivity index (χ0) is 14.3. The van der Waals surface area contributed by atoms with Crippen LogP contribution in [0.1, 0.15) is 48.8 Å². The largest absolute Gasteiger partial charge is 0.389 e. The minimum Gasteiger partial charge on any atom is -0.389 e. The van der Waals surface area contributed by atoms with Crippen LogP contribution in [0.3, 0.4) is 0 Å². The van der Waals surface area contributed by atoms with Crippen molar-refractivity contribution in [2.75, 3.05) is 0 Å². The van der Waals surface area contributed by atoms with Crippen molar-refractivity contribution in [3.05, 3.63) is 34.9 Å². The van der Waals surface area contributed by atoms with Gasteiger partial charge in [0, 0.05) is 27.7 Å². The topological polar surface area (TPSA) is 37.3 Å². The van der Waals surface area contributed by atoms with Gasteiger partial charge in [0.15, 0.2) is 0 Å². The van der Waals surface area contributed by atoms with Crippen LogP contribution in [0.25, 0.3) is 0 Å². The van der Waals surface area contributed by atoms with Gasteiger partial charge in [-0.05, 0) is 45.1 Å². The Hall–Kier alpha value is -0.670. The quantitative estimate of drug-likeness (QED) is 0.909. The molecule has 2 heterocycles. The summed E-state index contributed by atoms with van der Waals surface area (Å²) >= 11 is 0. The van der Waals surface area contributed by atoms with Gasteiger partial charge in [0.25, 0.3) is 0 Å². The zero-order valence-corrected chi connectivity index (χ0v) is 13.2. The van der Waals surface area contributed by atoms with Crippen molar-refractivity contribution in [1.29, 1.82) is 0 Å². The monoisotopic (exact) mass is 292 g/mol. The van der Waals surface area contributed by atoms with Crippen LogP contribution >= 0.6 is 0 Å². The van der Waals surface area contributed by atoms with Crippen LogP contribution in [-0.2, 0) is 17.2 Å². The van der Waals surface area contributed by atoms with E-state index < -0.39 is 16.4 Å². The Morgan fingerprint density at radius 1 is 1.15 bits per heavy atom. The third-order valence-corrected chi connectivity index (χ3v) is 6.86. The molecule has 0 radical (unpaired) electrons. The van der Waals surface area contributed by atoms with Crippen molar-refractivity contribution >= 4 is 10.8 Å². The summed E-state index contributed by atoms with van der Waals surface area (Å²) in [6.07, 6.45) is 5.36. The summed E-state index contributed by atoms with van der Waals surface area (Å²) in [6, 6.07) is 6.51. The smallest absolute Gasteiger partial charge is 0.0710 e.